The number of ketones is 1. The standard InChI is InChI=1S/C10H16O5/c1-3-5-15-10(13)7-8(11)6-9(12)14-4-2/h3-7H2,1-2H3. The molecule has 0 aromatic rings. The maximum atomic E-state index is 11.1. The van der Waals surface area contributed by atoms with Gasteiger partial charge in [-0.3, -0.25) is 14.4 Å². The topological polar surface area (TPSA) is 69.7 Å². The molecule has 0 rings (SSSR count). The zero-order valence-corrected chi connectivity index (χ0v) is 9.08. The molecule has 15 heavy (non-hydrogen) atoms. The SMILES string of the molecule is CCCOC(=O)CC(=O)CC(=O)OCC. The predicted molar refractivity (Wildman–Crippen MR) is 52.1 cm³/mol. The van der Waals surface area contributed by atoms with E-state index in [0.29, 0.717) is 13.0 Å². The Morgan fingerprint density at radius 3 is 1.93 bits per heavy atom. The van der Waals surface area contributed by atoms with Gasteiger partial charge in [0.2, 0.25) is 0 Å². The van der Waals surface area contributed by atoms with Crippen molar-refractivity contribution < 1.29 is 23.9 Å². The van der Waals surface area contributed by atoms with Crippen molar-refractivity contribution in [2.75, 3.05) is 13.2 Å². The summed E-state index contributed by atoms with van der Waals surface area (Å²) < 4.78 is 9.25. The first kappa shape index (κ1) is 13.6. The van der Waals surface area contributed by atoms with E-state index < -0.39 is 17.7 Å². The van der Waals surface area contributed by atoms with Gasteiger partial charge in [-0.25, -0.2) is 0 Å². The number of carbonyl (C=O) groups is 3. The number of esters is 2. The van der Waals surface area contributed by atoms with Crippen LogP contribution in [0.4, 0.5) is 0 Å². The van der Waals surface area contributed by atoms with Gasteiger partial charge in [0, 0.05) is 0 Å². The number of rotatable bonds is 7. The molecule has 0 saturated heterocycles. The normalized spacial score (nSPS) is 9.47. The van der Waals surface area contributed by atoms with Gasteiger partial charge in [-0.2, -0.15) is 0 Å². The molecule has 0 aliphatic rings. The van der Waals surface area contributed by atoms with Gasteiger partial charge in [-0.05, 0) is 13.3 Å². The summed E-state index contributed by atoms with van der Waals surface area (Å²) >= 11 is 0. The van der Waals surface area contributed by atoms with Crippen LogP contribution >= 0.6 is 0 Å². The Bertz CT molecular complexity index is 234. The number of carbonyl (C=O) groups excluding carboxylic acids is 3. The summed E-state index contributed by atoms with van der Waals surface area (Å²) in [4.78, 5) is 32.9. The maximum absolute atomic E-state index is 11.1. The minimum absolute atomic E-state index is 0.229. The number of Topliss-reactive ketones (excluding diaryl/α,β-unsaturated/α-hetero) is 1. The van der Waals surface area contributed by atoms with Crippen molar-refractivity contribution in [2.24, 2.45) is 0 Å². The van der Waals surface area contributed by atoms with Gasteiger partial charge in [-0.15, -0.1) is 0 Å². The summed E-state index contributed by atoms with van der Waals surface area (Å²) in [5.41, 5.74) is 0. The average Bonchev–Trinajstić information content (AvgIpc) is 2.14. The molecule has 0 radical (unpaired) electrons. The van der Waals surface area contributed by atoms with Crippen LogP contribution in [-0.4, -0.2) is 30.9 Å². The Morgan fingerprint density at radius 2 is 1.47 bits per heavy atom. The summed E-state index contributed by atoms with van der Waals surface area (Å²) in [5, 5.41) is 0. The van der Waals surface area contributed by atoms with Gasteiger partial charge in [0.25, 0.3) is 0 Å². The van der Waals surface area contributed by atoms with Crippen LogP contribution in [-0.2, 0) is 23.9 Å². The smallest absolute Gasteiger partial charge is 0.313 e. The lowest BCUT2D eigenvalue weighted by molar-refractivity contribution is -0.148. The highest BCUT2D eigenvalue weighted by Gasteiger charge is 2.14. The minimum Gasteiger partial charge on any atom is -0.466 e. The maximum Gasteiger partial charge on any atom is 0.313 e. The Morgan fingerprint density at radius 1 is 0.933 bits per heavy atom. The van der Waals surface area contributed by atoms with Crippen molar-refractivity contribution in [3.63, 3.8) is 0 Å². The Labute approximate surface area is 88.7 Å². The van der Waals surface area contributed by atoms with Gasteiger partial charge in [0.15, 0.2) is 5.78 Å². The lowest BCUT2D eigenvalue weighted by Gasteiger charge is -2.02. The van der Waals surface area contributed by atoms with Crippen LogP contribution in [0.15, 0.2) is 0 Å². The van der Waals surface area contributed by atoms with Crippen molar-refractivity contribution in [1.82, 2.24) is 0 Å². The highest BCUT2D eigenvalue weighted by molar-refractivity contribution is 6.03. The van der Waals surface area contributed by atoms with Crippen LogP contribution in [0.25, 0.3) is 0 Å². The van der Waals surface area contributed by atoms with Crippen molar-refractivity contribution in [1.29, 1.82) is 0 Å². The lowest BCUT2D eigenvalue weighted by atomic mass is 10.2. The van der Waals surface area contributed by atoms with Gasteiger partial charge < -0.3 is 9.47 Å². The first-order chi connectivity index (χ1) is 7.10. The molecule has 0 aliphatic heterocycles. The fraction of sp³-hybridized carbons (Fsp3) is 0.700. The summed E-state index contributed by atoms with van der Waals surface area (Å²) in [5.74, 6) is -1.67. The van der Waals surface area contributed by atoms with E-state index in [0.717, 1.165) is 0 Å². The molecule has 0 heterocycles. The summed E-state index contributed by atoms with van der Waals surface area (Å²) in [6, 6.07) is 0. The second kappa shape index (κ2) is 7.96. The molecule has 5 heteroatoms. The first-order valence-electron chi connectivity index (χ1n) is 4.93. The van der Waals surface area contributed by atoms with E-state index in [9.17, 15) is 14.4 Å². The molecule has 5 nitrogen and oxygen atoms in total. The van der Waals surface area contributed by atoms with Crippen molar-refractivity contribution in [3.05, 3.63) is 0 Å². The van der Waals surface area contributed by atoms with E-state index in [1.807, 2.05) is 6.92 Å². The van der Waals surface area contributed by atoms with E-state index in [4.69, 9.17) is 4.74 Å². The molecular formula is C10H16O5. The molecule has 0 atom stereocenters. The van der Waals surface area contributed by atoms with Crippen molar-refractivity contribution in [2.45, 2.75) is 33.1 Å². The first-order valence-corrected chi connectivity index (χ1v) is 4.93. The van der Waals surface area contributed by atoms with E-state index in [1.165, 1.54) is 0 Å². The molecule has 86 valence electrons. The zero-order chi connectivity index (χ0) is 11.7. The average molecular weight is 216 g/mol. The minimum atomic E-state index is -0.606. The fourth-order valence-electron chi connectivity index (χ4n) is 0.863. The van der Waals surface area contributed by atoms with Crippen LogP contribution in [0.1, 0.15) is 33.1 Å². The summed E-state index contributed by atoms with van der Waals surface area (Å²) in [7, 11) is 0. The van der Waals surface area contributed by atoms with Crippen LogP contribution in [0, 0.1) is 0 Å². The van der Waals surface area contributed by atoms with Crippen LogP contribution < -0.4 is 0 Å². The number of hydrogen-bond acceptors (Lipinski definition) is 5. The van der Waals surface area contributed by atoms with E-state index in [1.54, 1.807) is 6.92 Å². The number of ether oxygens (including phenoxy) is 2. The third-order valence-corrected chi connectivity index (χ3v) is 1.46. The molecule has 0 aromatic carbocycles. The Balaban J connectivity index is 3.73. The predicted octanol–water partition coefficient (Wildman–Crippen LogP) is 0.852. The summed E-state index contributed by atoms with van der Waals surface area (Å²) in [6.45, 7) is 4.03. The molecular weight excluding hydrogens is 200 g/mol. The second-order valence-corrected chi connectivity index (χ2v) is 2.92. The third-order valence-electron chi connectivity index (χ3n) is 1.46. The molecule has 0 fully saturated rings. The Kier molecular flexibility index (Phi) is 7.23. The van der Waals surface area contributed by atoms with Crippen LogP contribution in [0.2, 0.25) is 0 Å². The molecule has 0 spiro atoms. The van der Waals surface area contributed by atoms with E-state index in [-0.39, 0.29) is 19.4 Å². The molecule has 0 unspecified atom stereocenters. The van der Waals surface area contributed by atoms with Gasteiger partial charge >= 0.3 is 11.9 Å². The summed E-state index contributed by atoms with van der Waals surface area (Å²) in [6.07, 6.45) is -0.0221. The third kappa shape index (κ3) is 7.66. The largest absolute Gasteiger partial charge is 0.466 e. The quantitative estimate of drug-likeness (QED) is 0.466. The van der Waals surface area contributed by atoms with Crippen LogP contribution in [0.3, 0.4) is 0 Å². The zero-order valence-electron chi connectivity index (χ0n) is 9.08. The molecule has 0 saturated carbocycles. The van der Waals surface area contributed by atoms with Crippen LogP contribution in [0.5, 0.6) is 0 Å². The fourth-order valence-corrected chi connectivity index (χ4v) is 0.863. The van der Waals surface area contributed by atoms with E-state index >= 15 is 0 Å². The molecule has 0 amide bonds. The monoisotopic (exact) mass is 216 g/mol. The lowest BCUT2D eigenvalue weighted by Crippen LogP contribution is -2.16. The second-order valence-electron chi connectivity index (χ2n) is 2.92. The molecule has 0 N–H and O–H groups in total. The van der Waals surface area contributed by atoms with Crippen molar-refractivity contribution >= 4 is 17.7 Å². The highest BCUT2D eigenvalue weighted by atomic mass is 16.5. The van der Waals surface area contributed by atoms with Gasteiger partial charge in [-0.1, -0.05) is 6.92 Å². The molecule has 0 bridgehead atoms. The number of hydrogen-bond donors (Lipinski definition) is 0. The molecule has 0 aromatic heterocycles. The van der Waals surface area contributed by atoms with E-state index in [2.05, 4.69) is 4.74 Å². The van der Waals surface area contributed by atoms with Gasteiger partial charge in [0.1, 0.15) is 12.8 Å². The van der Waals surface area contributed by atoms with Crippen molar-refractivity contribution in [3.8, 4) is 0 Å². The highest BCUT2D eigenvalue weighted by Crippen LogP contribution is 1.96. The van der Waals surface area contributed by atoms with Gasteiger partial charge in [0.05, 0.1) is 13.2 Å². The molecule has 0 aliphatic carbocycles. The Hall–Kier alpha value is -1.39.